The molecule has 0 unspecified atom stereocenters. The van der Waals surface area contributed by atoms with Crippen molar-refractivity contribution in [3.05, 3.63) is 29.6 Å². The molecule has 1 aromatic rings. The smallest absolute Gasteiger partial charge is 0.191 e. The lowest BCUT2D eigenvalue weighted by Crippen LogP contribution is -2.38. The largest absolute Gasteiger partial charge is 0.357 e. The van der Waals surface area contributed by atoms with Gasteiger partial charge >= 0.3 is 0 Å². The van der Waals surface area contributed by atoms with E-state index in [0.717, 1.165) is 44.4 Å². The topological polar surface area (TPSA) is 49.3 Å². The standard InChI is InChI=1S/C17H30N4.HI/c1-5-19-17(20-10-6-7-14(2)3)21-12-9-16-8-11-18-13-15(16)4;/h8,11,13-14H,5-7,9-10,12H2,1-4H3,(H2,19,20,21);1H. The molecule has 0 aliphatic carbocycles. The molecular weight excluding hydrogens is 387 g/mol. The van der Waals surface area contributed by atoms with E-state index in [1.807, 2.05) is 12.4 Å². The van der Waals surface area contributed by atoms with Crippen molar-refractivity contribution in [2.45, 2.75) is 47.0 Å². The fourth-order valence-electron chi connectivity index (χ4n) is 2.13. The summed E-state index contributed by atoms with van der Waals surface area (Å²) >= 11 is 0. The monoisotopic (exact) mass is 418 g/mol. The summed E-state index contributed by atoms with van der Waals surface area (Å²) in [6.07, 6.45) is 7.15. The van der Waals surface area contributed by atoms with Crippen LogP contribution < -0.4 is 10.6 Å². The van der Waals surface area contributed by atoms with Crippen LogP contribution in [0.1, 0.15) is 44.7 Å². The van der Waals surface area contributed by atoms with Crippen LogP contribution in [0.5, 0.6) is 0 Å². The van der Waals surface area contributed by atoms with Gasteiger partial charge in [-0.25, -0.2) is 0 Å². The van der Waals surface area contributed by atoms with E-state index in [-0.39, 0.29) is 24.0 Å². The summed E-state index contributed by atoms with van der Waals surface area (Å²) in [7, 11) is 0. The third-order valence-electron chi connectivity index (χ3n) is 3.38. The van der Waals surface area contributed by atoms with Gasteiger partial charge in [0.15, 0.2) is 5.96 Å². The number of rotatable bonds is 8. The van der Waals surface area contributed by atoms with Crippen molar-refractivity contribution in [1.29, 1.82) is 0 Å². The first-order valence-electron chi connectivity index (χ1n) is 8.05. The first-order chi connectivity index (χ1) is 10.1. The number of aliphatic imine (C=N–C) groups is 1. The molecule has 0 spiro atoms. The van der Waals surface area contributed by atoms with Crippen LogP contribution in [0.15, 0.2) is 23.5 Å². The third-order valence-corrected chi connectivity index (χ3v) is 3.38. The van der Waals surface area contributed by atoms with E-state index in [4.69, 9.17) is 0 Å². The Bertz CT molecular complexity index is 432. The van der Waals surface area contributed by atoms with Gasteiger partial charge in [0.25, 0.3) is 0 Å². The van der Waals surface area contributed by atoms with E-state index in [1.54, 1.807) is 0 Å². The maximum absolute atomic E-state index is 4.62. The van der Waals surface area contributed by atoms with Gasteiger partial charge in [-0.1, -0.05) is 13.8 Å². The Morgan fingerprint density at radius 1 is 1.32 bits per heavy atom. The van der Waals surface area contributed by atoms with Crippen LogP contribution >= 0.6 is 24.0 Å². The van der Waals surface area contributed by atoms with Crippen molar-refractivity contribution in [3.8, 4) is 0 Å². The van der Waals surface area contributed by atoms with Crippen LogP contribution in [0.4, 0.5) is 0 Å². The van der Waals surface area contributed by atoms with Gasteiger partial charge in [0.05, 0.1) is 0 Å². The van der Waals surface area contributed by atoms with Gasteiger partial charge in [0.2, 0.25) is 0 Å². The second kappa shape index (κ2) is 12.7. The lowest BCUT2D eigenvalue weighted by Gasteiger charge is -2.12. The van der Waals surface area contributed by atoms with Crippen LogP contribution in [0, 0.1) is 12.8 Å². The Kier molecular flexibility index (Phi) is 12.2. The van der Waals surface area contributed by atoms with Crippen LogP contribution in [0.2, 0.25) is 0 Å². The molecule has 0 amide bonds. The number of nitrogens with zero attached hydrogens (tertiary/aromatic N) is 2. The van der Waals surface area contributed by atoms with Gasteiger partial charge in [0, 0.05) is 32.0 Å². The highest BCUT2D eigenvalue weighted by Crippen LogP contribution is 2.05. The molecule has 126 valence electrons. The molecule has 4 nitrogen and oxygen atoms in total. The second-order valence-corrected chi connectivity index (χ2v) is 5.78. The molecule has 0 aliphatic heterocycles. The van der Waals surface area contributed by atoms with Gasteiger partial charge in [-0.3, -0.25) is 9.98 Å². The molecule has 0 fully saturated rings. The van der Waals surface area contributed by atoms with Gasteiger partial charge < -0.3 is 10.6 Å². The number of hydrogen-bond acceptors (Lipinski definition) is 2. The Balaban J connectivity index is 0.00000441. The molecular formula is C17H31IN4. The van der Waals surface area contributed by atoms with Gasteiger partial charge in [-0.05, 0) is 56.2 Å². The summed E-state index contributed by atoms with van der Waals surface area (Å²) in [6, 6.07) is 2.09. The summed E-state index contributed by atoms with van der Waals surface area (Å²) in [5.41, 5.74) is 2.59. The number of guanidine groups is 1. The third kappa shape index (κ3) is 9.23. The Morgan fingerprint density at radius 3 is 2.73 bits per heavy atom. The zero-order chi connectivity index (χ0) is 15.5. The Labute approximate surface area is 152 Å². The summed E-state index contributed by atoms with van der Waals surface area (Å²) in [5.74, 6) is 1.68. The summed E-state index contributed by atoms with van der Waals surface area (Å²) < 4.78 is 0. The maximum atomic E-state index is 4.62. The Morgan fingerprint density at radius 2 is 2.09 bits per heavy atom. The number of pyridine rings is 1. The molecule has 1 aromatic heterocycles. The van der Waals surface area contributed by atoms with Crippen LogP contribution in [-0.4, -0.2) is 30.6 Å². The SMILES string of the molecule is CCNC(=NCCCC(C)C)NCCc1ccncc1C.I. The van der Waals surface area contributed by atoms with E-state index < -0.39 is 0 Å². The van der Waals surface area contributed by atoms with Crippen molar-refractivity contribution in [2.75, 3.05) is 19.6 Å². The molecule has 0 aliphatic rings. The van der Waals surface area contributed by atoms with E-state index in [2.05, 4.69) is 54.4 Å². The highest BCUT2D eigenvalue weighted by Gasteiger charge is 2.00. The lowest BCUT2D eigenvalue weighted by molar-refractivity contribution is 0.560. The Hall–Kier alpha value is -0.850. The van der Waals surface area contributed by atoms with Crippen molar-refractivity contribution in [1.82, 2.24) is 15.6 Å². The maximum Gasteiger partial charge on any atom is 0.191 e. The molecule has 1 heterocycles. The molecule has 1 rings (SSSR count). The summed E-state index contributed by atoms with van der Waals surface area (Å²) in [5, 5.41) is 6.70. The molecule has 22 heavy (non-hydrogen) atoms. The van der Waals surface area contributed by atoms with E-state index in [9.17, 15) is 0 Å². The minimum absolute atomic E-state index is 0. The fourth-order valence-corrected chi connectivity index (χ4v) is 2.13. The number of aromatic nitrogens is 1. The predicted octanol–water partition coefficient (Wildman–Crippen LogP) is 3.54. The zero-order valence-corrected chi connectivity index (χ0v) is 16.7. The van der Waals surface area contributed by atoms with Gasteiger partial charge in [-0.15, -0.1) is 24.0 Å². The molecule has 0 saturated carbocycles. The zero-order valence-electron chi connectivity index (χ0n) is 14.4. The summed E-state index contributed by atoms with van der Waals surface area (Å²) in [6.45, 7) is 11.4. The van der Waals surface area contributed by atoms with Crippen molar-refractivity contribution >= 4 is 29.9 Å². The minimum Gasteiger partial charge on any atom is -0.357 e. The number of aryl methyl sites for hydroxylation is 1. The lowest BCUT2D eigenvalue weighted by atomic mass is 10.1. The van der Waals surface area contributed by atoms with E-state index >= 15 is 0 Å². The second-order valence-electron chi connectivity index (χ2n) is 5.78. The van der Waals surface area contributed by atoms with Crippen LogP contribution in [-0.2, 0) is 6.42 Å². The normalized spacial score (nSPS) is 11.2. The fraction of sp³-hybridized carbons (Fsp3) is 0.647. The van der Waals surface area contributed by atoms with Crippen molar-refractivity contribution in [3.63, 3.8) is 0 Å². The average Bonchev–Trinajstić information content (AvgIpc) is 2.45. The van der Waals surface area contributed by atoms with Crippen molar-refractivity contribution in [2.24, 2.45) is 10.9 Å². The van der Waals surface area contributed by atoms with Gasteiger partial charge in [0.1, 0.15) is 0 Å². The molecule has 0 bridgehead atoms. The van der Waals surface area contributed by atoms with E-state index in [0.29, 0.717) is 0 Å². The molecule has 5 heteroatoms. The quantitative estimate of drug-likeness (QED) is 0.294. The number of halogens is 1. The average molecular weight is 418 g/mol. The molecule has 0 atom stereocenters. The summed E-state index contributed by atoms with van der Waals surface area (Å²) in [4.78, 5) is 8.75. The van der Waals surface area contributed by atoms with Crippen LogP contribution in [0.25, 0.3) is 0 Å². The first-order valence-corrected chi connectivity index (χ1v) is 8.05. The van der Waals surface area contributed by atoms with Gasteiger partial charge in [-0.2, -0.15) is 0 Å². The minimum atomic E-state index is 0. The molecule has 0 aromatic carbocycles. The van der Waals surface area contributed by atoms with Crippen molar-refractivity contribution < 1.29 is 0 Å². The van der Waals surface area contributed by atoms with E-state index in [1.165, 1.54) is 17.5 Å². The first kappa shape index (κ1) is 21.1. The molecule has 0 saturated heterocycles. The van der Waals surface area contributed by atoms with Crippen LogP contribution in [0.3, 0.4) is 0 Å². The highest BCUT2D eigenvalue weighted by atomic mass is 127. The highest BCUT2D eigenvalue weighted by molar-refractivity contribution is 14.0. The number of nitrogens with one attached hydrogen (secondary N) is 2. The predicted molar refractivity (Wildman–Crippen MR) is 106 cm³/mol. The molecule has 0 radical (unpaired) electrons. The molecule has 2 N–H and O–H groups in total. The number of hydrogen-bond donors (Lipinski definition) is 2.